The van der Waals surface area contributed by atoms with Gasteiger partial charge in [-0.1, -0.05) is 47.7 Å². The van der Waals surface area contributed by atoms with Gasteiger partial charge < -0.3 is 9.30 Å². The summed E-state index contributed by atoms with van der Waals surface area (Å²) in [5.74, 6) is -2.13. The Labute approximate surface area is 177 Å². The quantitative estimate of drug-likeness (QED) is 0.413. The van der Waals surface area contributed by atoms with E-state index in [9.17, 15) is 18.0 Å². The van der Waals surface area contributed by atoms with E-state index in [1.165, 1.54) is 18.4 Å². The number of benzene rings is 2. The summed E-state index contributed by atoms with van der Waals surface area (Å²) in [6, 6.07) is 13.7. The number of rotatable bonds is 7. The van der Waals surface area contributed by atoms with Crippen LogP contribution in [0.3, 0.4) is 0 Å². The first-order valence-electron chi connectivity index (χ1n) is 8.97. The van der Waals surface area contributed by atoms with Crippen LogP contribution >= 0.6 is 11.3 Å². The zero-order chi connectivity index (χ0) is 21.7. The van der Waals surface area contributed by atoms with Crippen LogP contribution in [0.5, 0.6) is 0 Å². The summed E-state index contributed by atoms with van der Waals surface area (Å²) in [4.78, 5) is 28.6. The molecule has 0 aliphatic rings. The molecule has 156 valence electrons. The number of allylic oxidation sites excluding steroid dienone is 1. The van der Waals surface area contributed by atoms with Gasteiger partial charge in [0.2, 0.25) is 0 Å². The SMILES string of the molecule is C=CCn1c(=NC(=O)CS(=O)(=O)Cc2ccccc2)sc2cc(C(=O)OC)ccc21. The number of hydrogen-bond donors (Lipinski definition) is 0. The lowest BCUT2D eigenvalue weighted by atomic mass is 10.2. The summed E-state index contributed by atoms with van der Waals surface area (Å²) >= 11 is 1.19. The van der Waals surface area contributed by atoms with Gasteiger partial charge in [0.25, 0.3) is 5.91 Å². The summed E-state index contributed by atoms with van der Waals surface area (Å²) in [6.07, 6.45) is 1.65. The van der Waals surface area contributed by atoms with Crippen molar-refractivity contribution >= 4 is 43.3 Å². The summed E-state index contributed by atoms with van der Waals surface area (Å²) in [5.41, 5.74) is 1.75. The van der Waals surface area contributed by atoms with Gasteiger partial charge in [0.1, 0.15) is 5.75 Å². The zero-order valence-corrected chi connectivity index (χ0v) is 17.9. The fourth-order valence-electron chi connectivity index (χ4n) is 2.92. The highest BCUT2D eigenvalue weighted by atomic mass is 32.2. The van der Waals surface area contributed by atoms with Crippen molar-refractivity contribution in [3.63, 3.8) is 0 Å². The van der Waals surface area contributed by atoms with E-state index >= 15 is 0 Å². The molecule has 0 N–H and O–H groups in total. The normalized spacial score (nSPS) is 12.1. The molecular weight excluding hydrogens is 424 g/mol. The molecule has 0 saturated carbocycles. The molecule has 0 atom stereocenters. The molecule has 0 saturated heterocycles. The second-order valence-electron chi connectivity index (χ2n) is 6.48. The number of ether oxygens (including phenoxy) is 1. The second kappa shape index (κ2) is 9.19. The van der Waals surface area contributed by atoms with Crippen molar-refractivity contribution in [3.8, 4) is 0 Å². The lowest BCUT2D eigenvalue weighted by molar-refractivity contribution is -0.115. The Morgan fingerprint density at radius 2 is 1.93 bits per heavy atom. The van der Waals surface area contributed by atoms with Gasteiger partial charge in [-0.15, -0.1) is 6.58 Å². The van der Waals surface area contributed by atoms with Crippen molar-refractivity contribution in [1.82, 2.24) is 4.57 Å². The molecule has 7 nitrogen and oxygen atoms in total. The van der Waals surface area contributed by atoms with E-state index in [1.54, 1.807) is 59.2 Å². The number of carbonyl (C=O) groups excluding carboxylic acids is 2. The minimum Gasteiger partial charge on any atom is -0.465 e. The number of esters is 1. The molecule has 0 fully saturated rings. The first-order valence-corrected chi connectivity index (χ1v) is 11.6. The first kappa shape index (κ1) is 21.7. The minimum absolute atomic E-state index is 0.226. The molecule has 1 amide bonds. The van der Waals surface area contributed by atoms with Crippen LogP contribution in [0.25, 0.3) is 10.2 Å². The highest BCUT2D eigenvalue weighted by Crippen LogP contribution is 2.20. The topological polar surface area (TPSA) is 94.8 Å². The molecule has 1 aromatic heterocycles. The van der Waals surface area contributed by atoms with E-state index < -0.39 is 27.5 Å². The van der Waals surface area contributed by atoms with Crippen molar-refractivity contribution in [1.29, 1.82) is 0 Å². The molecule has 9 heteroatoms. The van der Waals surface area contributed by atoms with Crippen LogP contribution in [0.2, 0.25) is 0 Å². The number of carbonyl (C=O) groups is 2. The molecule has 0 aliphatic heterocycles. The van der Waals surface area contributed by atoms with Crippen molar-refractivity contribution in [2.24, 2.45) is 4.99 Å². The molecule has 0 spiro atoms. The smallest absolute Gasteiger partial charge is 0.337 e. The van der Waals surface area contributed by atoms with Gasteiger partial charge in [0, 0.05) is 6.54 Å². The maximum absolute atomic E-state index is 12.4. The molecule has 30 heavy (non-hydrogen) atoms. The van der Waals surface area contributed by atoms with Crippen LogP contribution in [0.1, 0.15) is 15.9 Å². The van der Waals surface area contributed by atoms with E-state index in [0.717, 1.165) is 10.2 Å². The summed E-state index contributed by atoms with van der Waals surface area (Å²) < 4.78 is 32.0. The molecule has 0 aliphatic carbocycles. The number of aromatic nitrogens is 1. The third kappa shape index (κ3) is 5.11. The predicted molar refractivity (Wildman–Crippen MR) is 116 cm³/mol. The van der Waals surface area contributed by atoms with Crippen LogP contribution in [0, 0.1) is 0 Å². The summed E-state index contributed by atoms with van der Waals surface area (Å²) in [7, 11) is -2.36. The highest BCUT2D eigenvalue weighted by Gasteiger charge is 2.18. The standard InChI is InChI=1S/C21H20N2O5S2/c1-3-11-23-17-10-9-16(20(25)28-2)12-18(17)29-21(23)22-19(24)14-30(26,27)13-15-7-5-4-6-8-15/h3-10,12H,1,11,13-14H2,2H3. The number of hydrogen-bond acceptors (Lipinski definition) is 6. The Hall–Kier alpha value is -3.04. The number of thiazole rings is 1. The van der Waals surface area contributed by atoms with Crippen LogP contribution in [-0.2, 0) is 31.7 Å². The predicted octanol–water partition coefficient (Wildman–Crippen LogP) is 2.72. The average molecular weight is 445 g/mol. The Morgan fingerprint density at radius 3 is 2.60 bits per heavy atom. The fraction of sp³-hybridized carbons (Fsp3) is 0.190. The minimum atomic E-state index is -3.66. The number of methoxy groups -OCH3 is 1. The van der Waals surface area contributed by atoms with Gasteiger partial charge in [-0.25, -0.2) is 13.2 Å². The van der Waals surface area contributed by atoms with E-state index in [0.29, 0.717) is 22.5 Å². The average Bonchev–Trinajstić information content (AvgIpc) is 3.03. The Balaban J connectivity index is 1.93. The molecule has 0 radical (unpaired) electrons. The van der Waals surface area contributed by atoms with Gasteiger partial charge in [-0.3, -0.25) is 4.79 Å². The van der Waals surface area contributed by atoms with Crippen molar-refractivity contribution < 1.29 is 22.7 Å². The third-order valence-corrected chi connectivity index (χ3v) is 6.71. The monoisotopic (exact) mass is 444 g/mol. The fourth-order valence-corrected chi connectivity index (χ4v) is 5.25. The summed E-state index contributed by atoms with van der Waals surface area (Å²) in [6.45, 7) is 4.09. The van der Waals surface area contributed by atoms with Gasteiger partial charge in [-0.2, -0.15) is 4.99 Å². The molecule has 0 bridgehead atoms. The van der Waals surface area contributed by atoms with Crippen molar-refractivity contribution in [2.45, 2.75) is 12.3 Å². The Morgan fingerprint density at radius 1 is 1.20 bits per heavy atom. The van der Waals surface area contributed by atoms with Crippen LogP contribution in [0.15, 0.2) is 66.2 Å². The van der Waals surface area contributed by atoms with Gasteiger partial charge >= 0.3 is 5.97 Å². The van der Waals surface area contributed by atoms with Gasteiger partial charge in [0.15, 0.2) is 14.6 Å². The third-order valence-electron chi connectivity index (χ3n) is 4.21. The van der Waals surface area contributed by atoms with E-state index in [-0.39, 0.29) is 5.75 Å². The molecular formula is C21H20N2O5S2. The van der Waals surface area contributed by atoms with Crippen molar-refractivity contribution in [3.05, 3.63) is 77.1 Å². The summed E-state index contributed by atoms with van der Waals surface area (Å²) in [5, 5.41) is 0. The first-order chi connectivity index (χ1) is 14.3. The number of sulfone groups is 1. The molecule has 2 aromatic carbocycles. The zero-order valence-electron chi connectivity index (χ0n) is 16.3. The molecule has 0 unspecified atom stereocenters. The lowest BCUT2D eigenvalue weighted by Crippen LogP contribution is -2.21. The maximum atomic E-state index is 12.4. The van der Waals surface area contributed by atoms with Crippen LogP contribution in [-0.4, -0.2) is 37.7 Å². The van der Waals surface area contributed by atoms with Crippen LogP contribution in [0.4, 0.5) is 0 Å². The molecule has 3 rings (SSSR count). The van der Waals surface area contributed by atoms with E-state index in [1.807, 2.05) is 0 Å². The van der Waals surface area contributed by atoms with E-state index in [2.05, 4.69) is 11.6 Å². The maximum Gasteiger partial charge on any atom is 0.337 e. The number of fused-ring (bicyclic) bond motifs is 1. The Bertz CT molecular complexity index is 1270. The highest BCUT2D eigenvalue weighted by molar-refractivity contribution is 7.91. The number of amides is 1. The van der Waals surface area contributed by atoms with Crippen molar-refractivity contribution in [2.75, 3.05) is 12.9 Å². The van der Waals surface area contributed by atoms with Crippen LogP contribution < -0.4 is 4.80 Å². The van der Waals surface area contributed by atoms with E-state index in [4.69, 9.17) is 4.74 Å². The van der Waals surface area contributed by atoms with Gasteiger partial charge in [-0.05, 0) is 23.8 Å². The van der Waals surface area contributed by atoms with Gasteiger partial charge in [0.05, 0.1) is 28.6 Å². The lowest BCUT2D eigenvalue weighted by Gasteiger charge is -2.03. The number of nitrogens with zero attached hydrogens (tertiary/aromatic N) is 2. The Kier molecular flexibility index (Phi) is 6.63. The molecule has 3 aromatic rings. The second-order valence-corrected chi connectivity index (χ2v) is 9.55. The molecule has 1 heterocycles. The largest absolute Gasteiger partial charge is 0.465 e.